The first-order valence-electron chi connectivity index (χ1n) is 10.6. The standard InChI is InChI=1S/C25H23ClN4O4S/c1-30-23(25(31)27-19-12-18(26)13-20(14-19)29-35(2,32)33)15-22(28-30)21-10-6-7-11-24(21)34-16-17-8-4-3-5-9-17/h3-15,29H,16H2,1-2H3,(H,27,31). The fourth-order valence-corrected chi connectivity index (χ4v) is 4.26. The summed E-state index contributed by atoms with van der Waals surface area (Å²) in [6.07, 6.45) is 1.03. The number of halogens is 1. The maximum absolute atomic E-state index is 13.0. The van der Waals surface area contributed by atoms with Crippen LogP contribution in [0.5, 0.6) is 5.75 Å². The van der Waals surface area contributed by atoms with Gasteiger partial charge in [-0.1, -0.05) is 54.1 Å². The highest BCUT2D eigenvalue weighted by Crippen LogP contribution is 2.30. The Morgan fingerprint density at radius 3 is 2.43 bits per heavy atom. The molecule has 0 bridgehead atoms. The first kappa shape index (κ1) is 24.3. The van der Waals surface area contributed by atoms with Crippen molar-refractivity contribution in [2.45, 2.75) is 6.61 Å². The fraction of sp³-hybridized carbons (Fsp3) is 0.120. The largest absolute Gasteiger partial charge is 0.488 e. The van der Waals surface area contributed by atoms with E-state index < -0.39 is 15.9 Å². The Morgan fingerprint density at radius 1 is 1.00 bits per heavy atom. The second kappa shape index (κ2) is 10.2. The first-order valence-corrected chi connectivity index (χ1v) is 12.8. The van der Waals surface area contributed by atoms with Crippen molar-refractivity contribution in [1.29, 1.82) is 0 Å². The van der Waals surface area contributed by atoms with Crippen molar-refractivity contribution >= 4 is 38.9 Å². The summed E-state index contributed by atoms with van der Waals surface area (Å²) in [5.74, 6) is 0.217. The van der Waals surface area contributed by atoms with Crippen LogP contribution in [0, 0.1) is 0 Å². The number of hydrogen-bond donors (Lipinski definition) is 2. The maximum atomic E-state index is 13.0. The van der Waals surface area contributed by atoms with Crippen molar-refractivity contribution in [2.75, 3.05) is 16.3 Å². The predicted octanol–water partition coefficient (Wildman–Crippen LogP) is 4.94. The lowest BCUT2D eigenvalue weighted by atomic mass is 10.1. The van der Waals surface area contributed by atoms with Gasteiger partial charge in [-0.3, -0.25) is 14.2 Å². The molecule has 0 spiro atoms. The second-order valence-electron chi connectivity index (χ2n) is 7.87. The second-order valence-corrected chi connectivity index (χ2v) is 10.1. The molecular formula is C25H23ClN4O4S. The quantitative estimate of drug-likeness (QED) is 0.349. The molecule has 0 saturated carbocycles. The van der Waals surface area contributed by atoms with E-state index in [0.29, 0.717) is 29.4 Å². The molecule has 8 nitrogen and oxygen atoms in total. The molecule has 4 rings (SSSR count). The lowest BCUT2D eigenvalue weighted by Gasteiger charge is -2.10. The van der Waals surface area contributed by atoms with Gasteiger partial charge in [0.05, 0.1) is 17.6 Å². The Balaban J connectivity index is 1.55. The molecule has 0 aliphatic carbocycles. The highest BCUT2D eigenvalue weighted by atomic mass is 35.5. The van der Waals surface area contributed by atoms with Gasteiger partial charge in [-0.05, 0) is 42.0 Å². The molecule has 0 unspecified atom stereocenters. The van der Waals surface area contributed by atoms with Gasteiger partial charge in [0.15, 0.2) is 0 Å². The number of benzene rings is 3. The van der Waals surface area contributed by atoms with Crippen molar-refractivity contribution in [3.8, 4) is 17.0 Å². The smallest absolute Gasteiger partial charge is 0.273 e. The molecule has 3 aromatic carbocycles. The van der Waals surface area contributed by atoms with Crippen molar-refractivity contribution in [1.82, 2.24) is 9.78 Å². The number of carbonyl (C=O) groups excluding carboxylic acids is 1. The number of nitrogens with one attached hydrogen (secondary N) is 2. The van der Waals surface area contributed by atoms with Crippen LogP contribution in [0.2, 0.25) is 5.02 Å². The summed E-state index contributed by atoms with van der Waals surface area (Å²) in [5, 5.41) is 7.51. The molecule has 0 aliphatic rings. The zero-order valence-electron chi connectivity index (χ0n) is 19.0. The van der Waals surface area contributed by atoms with E-state index in [1.807, 2.05) is 54.6 Å². The number of aryl methyl sites for hydroxylation is 1. The van der Waals surface area contributed by atoms with E-state index in [1.165, 1.54) is 22.9 Å². The highest BCUT2D eigenvalue weighted by Gasteiger charge is 2.17. The average Bonchev–Trinajstić information content (AvgIpc) is 3.18. The lowest BCUT2D eigenvalue weighted by Crippen LogP contribution is -2.16. The minimum absolute atomic E-state index is 0.241. The van der Waals surface area contributed by atoms with Gasteiger partial charge in [-0.2, -0.15) is 5.10 Å². The minimum atomic E-state index is -3.50. The third-order valence-corrected chi connectivity index (χ3v) is 5.80. The minimum Gasteiger partial charge on any atom is -0.488 e. The third-order valence-electron chi connectivity index (χ3n) is 4.97. The van der Waals surface area contributed by atoms with Crippen molar-refractivity contribution < 1.29 is 17.9 Å². The number of ether oxygens (including phenoxy) is 1. The molecule has 0 atom stereocenters. The van der Waals surface area contributed by atoms with Crippen molar-refractivity contribution in [3.63, 3.8) is 0 Å². The average molecular weight is 511 g/mol. The molecule has 1 heterocycles. The third kappa shape index (κ3) is 6.40. The number of anilines is 2. The molecule has 0 fully saturated rings. The van der Waals surface area contributed by atoms with Gasteiger partial charge in [0, 0.05) is 23.3 Å². The monoisotopic (exact) mass is 510 g/mol. The molecule has 4 aromatic rings. The van der Waals surface area contributed by atoms with Gasteiger partial charge in [-0.15, -0.1) is 0 Å². The van der Waals surface area contributed by atoms with Crippen LogP contribution in [0.3, 0.4) is 0 Å². The number of nitrogens with zero attached hydrogens (tertiary/aromatic N) is 2. The topological polar surface area (TPSA) is 102 Å². The Kier molecular flexibility index (Phi) is 7.09. The van der Waals surface area contributed by atoms with E-state index in [4.69, 9.17) is 16.3 Å². The van der Waals surface area contributed by atoms with Crippen LogP contribution in [-0.2, 0) is 23.7 Å². The Hall–Kier alpha value is -3.82. The lowest BCUT2D eigenvalue weighted by molar-refractivity contribution is 0.101. The number of para-hydroxylation sites is 1. The molecule has 180 valence electrons. The summed E-state index contributed by atoms with van der Waals surface area (Å²) < 4.78 is 32.9. The SMILES string of the molecule is Cn1nc(-c2ccccc2OCc2ccccc2)cc1C(=O)Nc1cc(Cl)cc(NS(C)(=O)=O)c1. The van der Waals surface area contributed by atoms with Crippen LogP contribution in [0.4, 0.5) is 11.4 Å². The van der Waals surface area contributed by atoms with Crippen LogP contribution in [0.1, 0.15) is 16.1 Å². The van der Waals surface area contributed by atoms with Crippen molar-refractivity contribution in [3.05, 3.63) is 95.1 Å². The number of aromatic nitrogens is 2. The summed E-state index contributed by atoms with van der Waals surface area (Å²) in [7, 11) is -1.83. The highest BCUT2D eigenvalue weighted by molar-refractivity contribution is 7.92. The van der Waals surface area contributed by atoms with E-state index in [0.717, 1.165) is 17.4 Å². The van der Waals surface area contributed by atoms with Gasteiger partial charge < -0.3 is 10.1 Å². The van der Waals surface area contributed by atoms with E-state index in [9.17, 15) is 13.2 Å². The van der Waals surface area contributed by atoms with Crippen LogP contribution in [0.15, 0.2) is 78.9 Å². The van der Waals surface area contributed by atoms with Gasteiger partial charge >= 0.3 is 0 Å². The molecule has 10 heteroatoms. The Labute approximate surface area is 208 Å². The van der Waals surface area contributed by atoms with Gasteiger partial charge in [-0.25, -0.2) is 8.42 Å². The van der Waals surface area contributed by atoms with E-state index >= 15 is 0 Å². The zero-order valence-corrected chi connectivity index (χ0v) is 20.6. The molecule has 35 heavy (non-hydrogen) atoms. The molecule has 2 N–H and O–H groups in total. The number of amides is 1. The normalized spacial score (nSPS) is 11.2. The summed E-state index contributed by atoms with van der Waals surface area (Å²) in [6, 6.07) is 23.4. The Bertz CT molecular complexity index is 1470. The summed E-state index contributed by atoms with van der Waals surface area (Å²) in [4.78, 5) is 13.0. The first-order chi connectivity index (χ1) is 16.7. The Morgan fingerprint density at radius 2 is 1.69 bits per heavy atom. The molecular weight excluding hydrogens is 488 g/mol. The van der Waals surface area contributed by atoms with Crippen LogP contribution in [0.25, 0.3) is 11.3 Å². The molecule has 0 radical (unpaired) electrons. The molecule has 0 aliphatic heterocycles. The molecule has 0 saturated heterocycles. The summed E-state index contributed by atoms with van der Waals surface area (Å²) in [5.41, 5.74) is 3.24. The number of hydrogen-bond acceptors (Lipinski definition) is 5. The summed E-state index contributed by atoms with van der Waals surface area (Å²) in [6.45, 7) is 0.399. The van der Waals surface area contributed by atoms with Crippen LogP contribution < -0.4 is 14.8 Å². The molecule has 1 aromatic heterocycles. The number of sulfonamides is 1. The summed E-state index contributed by atoms with van der Waals surface area (Å²) >= 11 is 6.10. The van der Waals surface area contributed by atoms with Crippen LogP contribution in [-0.4, -0.2) is 30.4 Å². The zero-order chi connectivity index (χ0) is 25.0. The fourth-order valence-electron chi connectivity index (χ4n) is 3.48. The predicted molar refractivity (Wildman–Crippen MR) is 137 cm³/mol. The van der Waals surface area contributed by atoms with Crippen LogP contribution >= 0.6 is 11.6 Å². The van der Waals surface area contributed by atoms with Gasteiger partial charge in [0.25, 0.3) is 5.91 Å². The van der Waals surface area contributed by atoms with Gasteiger partial charge in [0.2, 0.25) is 10.0 Å². The van der Waals surface area contributed by atoms with Crippen molar-refractivity contribution in [2.24, 2.45) is 7.05 Å². The number of carbonyl (C=O) groups is 1. The van der Waals surface area contributed by atoms with E-state index in [-0.39, 0.29) is 10.7 Å². The number of rotatable bonds is 8. The van der Waals surface area contributed by atoms with E-state index in [1.54, 1.807) is 13.1 Å². The maximum Gasteiger partial charge on any atom is 0.273 e. The van der Waals surface area contributed by atoms with Gasteiger partial charge in [0.1, 0.15) is 18.1 Å². The van der Waals surface area contributed by atoms with E-state index in [2.05, 4.69) is 15.1 Å². The molecule has 1 amide bonds.